The highest BCUT2D eigenvalue weighted by molar-refractivity contribution is 7.99. The number of carbonyl (C=O) groups is 1. The Labute approximate surface area is 163 Å². The Hall–Kier alpha value is -1.38. The molecule has 4 heterocycles. The van der Waals surface area contributed by atoms with E-state index in [0.29, 0.717) is 51.4 Å². The zero-order valence-corrected chi connectivity index (χ0v) is 17.0. The van der Waals surface area contributed by atoms with Crippen molar-refractivity contribution in [2.45, 2.75) is 56.5 Å². The summed E-state index contributed by atoms with van der Waals surface area (Å²) in [7, 11) is 0. The molecular formula is C19H27N3O4S. The predicted molar refractivity (Wildman–Crippen MR) is 102 cm³/mol. The van der Waals surface area contributed by atoms with Crippen LogP contribution in [0.1, 0.15) is 39.3 Å². The molecule has 7 nitrogen and oxygen atoms in total. The third-order valence-corrected chi connectivity index (χ3v) is 6.70. The van der Waals surface area contributed by atoms with E-state index in [4.69, 9.17) is 9.47 Å². The van der Waals surface area contributed by atoms with Crippen molar-refractivity contribution in [3.05, 3.63) is 22.1 Å². The number of likely N-dealkylation sites (tertiary alicyclic amines) is 1. The molecule has 2 fully saturated rings. The van der Waals surface area contributed by atoms with Gasteiger partial charge < -0.3 is 14.4 Å². The van der Waals surface area contributed by atoms with E-state index in [-0.39, 0.29) is 22.8 Å². The van der Waals surface area contributed by atoms with Gasteiger partial charge in [0.1, 0.15) is 0 Å². The lowest BCUT2D eigenvalue weighted by Gasteiger charge is -2.39. The van der Waals surface area contributed by atoms with E-state index in [1.807, 2.05) is 25.7 Å². The van der Waals surface area contributed by atoms with Crippen molar-refractivity contribution in [2.75, 3.05) is 32.1 Å². The maximum atomic E-state index is 13.0. The summed E-state index contributed by atoms with van der Waals surface area (Å²) in [6, 6.07) is 1.61. The van der Waals surface area contributed by atoms with Crippen LogP contribution in [0.3, 0.4) is 0 Å². The van der Waals surface area contributed by atoms with Crippen molar-refractivity contribution < 1.29 is 14.3 Å². The van der Waals surface area contributed by atoms with Gasteiger partial charge in [0, 0.05) is 49.7 Å². The van der Waals surface area contributed by atoms with E-state index in [0.717, 1.165) is 10.9 Å². The van der Waals surface area contributed by atoms with Gasteiger partial charge in [0.05, 0.1) is 24.8 Å². The van der Waals surface area contributed by atoms with Crippen molar-refractivity contribution >= 4 is 17.7 Å². The number of amides is 1. The van der Waals surface area contributed by atoms with Crippen molar-refractivity contribution in [1.29, 1.82) is 0 Å². The number of carbonyl (C=O) groups excluding carboxylic acids is 1. The molecule has 27 heavy (non-hydrogen) atoms. The first kappa shape index (κ1) is 19.0. The van der Waals surface area contributed by atoms with Crippen LogP contribution in [0, 0.1) is 5.92 Å². The minimum atomic E-state index is -0.477. The fourth-order valence-electron chi connectivity index (χ4n) is 3.86. The summed E-state index contributed by atoms with van der Waals surface area (Å²) in [6.07, 6.45) is 1.43. The quantitative estimate of drug-likeness (QED) is 0.675. The number of thioether (sulfide) groups is 1. The molecule has 1 amide bonds. The molecule has 8 heteroatoms. The van der Waals surface area contributed by atoms with Crippen molar-refractivity contribution in [3.63, 3.8) is 0 Å². The van der Waals surface area contributed by atoms with Gasteiger partial charge in [-0.2, -0.15) is 0 Å². The van der Waals surface area contributed by atoms with Crippen molar-refractivity contribution in [2.24, 2.45) is 5.92 Å². The average molecular weight is 394 g/mol. The summed E-state index contributed by atoms with van der Waals surface area (Å²) in [5, 5.41) is 0.724. The summed E-state index contributed by atoms with van der Waals surface area (Å²) < 4.78 is 13.1. The number of rotatable bonds is 1. The molecule has 3 aliphatic heterocycles. The predicted octanol–water partition coefficient (Wildman–Crippen LogP) is 1.63. The van der Waals surface area contributed by atoms with Gasteiger partial charge in [-0.15, -0.1) is 0 Å². The molecule has 0 aromatic carbocycles. The van der Waals surface area contributed by atoms with E-state index in [2.05, 4.69) is 4.98 Å². The van der Waals surface area contributed by atoms with Gasteiger partial charge >= 0.3 is 0 Å². The van der Waals surface area contributed by atoms with Crippen molar-refractivity contribution in [1.82, 2.24) is 14.5 Å². The van der Waals surface area contributed by atoms with Gasteiger partial charge in [-0.3, -0.25) is 14.2 Å². The molecule has 1 spiro atoms. The first-order valence-corrected chi connectivity index (χ1v) is 10.6. The summed E-state index contributed by atoms with van der Waals surface area (Å²) >= 11 is 1.51. The lowest BCUT2D eigenvalue weighted by Crippen LogP contribution is -2.50. The molecule has 148 valence electrons. The summed E-state index contributed by atoms with van der Waals surface area (Å²) in [6.45, 7) is 9.11. The highest BCUT2D eigenvalue weighted by Crippen LogP contribution is 2.33. The molecule has 1 atom stereocenters. The molecule has 1 unspecified atom stereocenters. The summed E-state index contributed by atoms with van der Waals surface area (Å²) in [5.41, 5.74) is 0.560. The molecule has 3 aliphatic rings. The molecule has 0 bridgehead atoms. The van der Waals surface area contributed by atoms with Crippen LogP contribution in [0.25, 0.3) is 0 Å². The van der Waals surface area contributed by atoms with Gasteiger partial charge in [0.25, 0.3) is 5.56 Å². The Kier molecular flexibility index (Phi) is 4.84. The van der Waals surface area contributed by atoms with Crippen LogP contribution in [0.15, 0.2) is 16.0 Å². The van der Waals surface area contributed by atoms with Gasteiger partial charge in [-0.1, -0.05) is 32.5 Å². The number of fused-ring (bicyclic) bond motifs is 1. The van der Waals surface area contributed by atoms with E-state index >= 15 is 0 Å². The molecule has 4 rings (SSSR count). The molecule has 0 N–H and O–H groups in total. The Bertz CT molecular complexity index is 785. The summed E-state index contributed by atoms with van der Waals surface area (Å²) in [5.74, 6) is 0.109. The average Bonchev–Trinajstić information content (AvgIpc) is 3.09. The molecule has 1 aromatic rings. The highest BCUT2D eigenvalue weighted by Gasteiger charge is 2.42. The standard InChI is InChI=1S/C19H27N3O4S/c1-18(2,3)14-10-15(23)22-11-13(12-27-17(22)20-14)16(24)21-6-4-19(5-7-21)25-8-9-26-19/h10,13H,4-9,11-12H2,1-3H3. The number of hydrogen-bond acceptors (Lipinski definition) is 6. The minimum Gasteiger partial charge on any atom is -0.347 e. The van der Waals surface area contributed by atoms with E-state index < -0.39 is 5.79 Å². The normalized spacial score (nSPS) is 24.9. The first-order chi connectivity index (χ1) is 12.8. The molecule has 2 saturated heterocycles. The fraction of sp³-hybridized carbons (Fsp3) is 0.737. The van der Waals surface area contributed by atoms with Crippen LogP contribution in [-0.4, -0.2) is 58.2 Å². The molecular weight excluding hydrogens is 366 g/mol. The van der Waals surface area contributed by atoms with Crippen LogP contribution in [-0.2, 0) is 26.2 Å². The van der Waals surface area contributed by atoms with Gasteiger partial charge in [0.2, 0.25) is 5.91 Å². The van der Waals surface area contributed by atoms with Crippen LogP contribution in [0.2, 0.25) is 0 Å². The maximum Gasteiger partial charge on any atom is 0.254 e. The fourth-order valence-corrected chi connectivity index (χ4v) is 4.94. The second-order valence-corrected chi connectivity index (χ2v) is 9.55. The highest BCUT2D eigenvalue weighted by atomic mass is 32.2. The first-order valence-electron chi connectivity index (χ1n) is 9.59. The zero-order chi connectivity index (χ0) is 19.2. The number of ether oxygens (including phenoxy) is 2. The van der Waals surface area contributed by atoms with Crippen LogP contribution < -0.4 is 5.56 Å². The summed E-state index contributed by atoms with van der Waals surface area (Å²) in [4.78, 5) is 32.2. The van der Waals surface area contributed by atoms with Crippen LogP contribution in [0.4, 0.5) is 0 Å². The lowest BCUT2D eigenvalue weighted by atomic mass is 9.92. The number of nitrogens with zero attached hydrogens (tertiary/aromatic N) is 3. The maximum absolute atomic E-state index is 13.0. The topological polar surface area (TPSA) is 73.7 Å². The molecule has 0 saturated carbocycles. The molecule has 0 aliphatic carbocycles. The smallest absolute Gasteiger partial charge is 0.254 e. The largest absolute Gasteiger partial charge is 0.347 e. The second kappa shape index (κ2) is 6.90. The molecule has 0 radical (unpaired) electrons. The third kappa shape index (κ3) is 3.67. The van der Waals surface area contributed by atoms with Gasteiger partial charge in [0.15, 0.2) is 10.9 Å². The SMILES string of the molecule is CC(C)(C)c1cc(=O)n2c(n1)SCC(C(=O)N1CCC3(CC1)OCCO3)C2. The Balaban J connectivity index is 1.45. The van der Waals surface area contributed by atoms with Crippen LogP contribution in [0.5, 0.6) is 0 Å². The Morgan fingerprint density at radius 1 is 1.26 bits per heavy atom. The van der Waals surface area contributed by atoms with E-state index in [1.165, 1.54) is 11.8 Å². The second-order valence-electron chi connectivity index (χ2n) is 8.56. The molecule has 1 aromatic heterocycles. The third-order valence-electron chi connectivity index (χ3n) is 5.56. The van der Waals surface area contributed by atoms with Gasteiger partial charge in [-0.05, 0) is 0 Å². The van der Waals surface area contributed by atoms with Crippen LogP contribution >= 0.6 is 11.8 Å². The monoisotopic (exact) mass is 393 g/mol. The Morgan fingerprint density at radius 3 is 2.56 bits per heavy atom. The number of aromatic nitrogens is 2. The zero-order valence-electron chi connectivity index (χ0n) is 16.2. The lowest BCUT2D eigenvalue weighted by molar-refractivity contribution is -0.188. The Morgan fingerprint density at radius 2 is 1.93 bits per heavy atom. The van der Waals surface area contributed by atoms with E-state index in [1.54, 1.807) is 10.6 Å². The van der Waals surface area contributed by atoms with Gasteiger partial charge in [-0.25, -0.2) is 4.98 Å². The van der Waals surface area contributed by atoms with E-state index in [9.17, 15) is 9.59 Å². The number of piperidine rings is 1. The minimum absolute atomic E-state index is 0.0692. The number of hydrogen-bond donors (Lipinski definition) is 0. The van der Waals surface area contributed by atoms with Crippen molar-refractivity contribution in [3.8, 4) is 0 Å².